The molecule has 34 heavy (non-hydrogen) atoms. The van der Waals surface area contributed by atoms with Gasteiger partial charge in [-0.25, -0.2) is 9.37 Å². The summed E-state index contributed by atoms with van der Waals surface area (Å²) in [6.07, 6.45) is 4.77. The normalized spacial score (nSPS) is 19.7. The van der Waals surface area contributed by atoms with Crippen molar-refractivity contribution in [2.75, 3.05) is 37.9 Å². The molecule has 0 unspecified atom stereocenters. The van der Waals surface area contributed by atoms with Crippen LogP contribution in [0.25, 0.3) is 10.7 Å². The van der Waals surface area contributed by atoms with E-state index in [0.717, 1.165) is 25.3 Å². The zero-order valence-corrected chi connectivity index (χ0v) is 19.6. The number of halogens is 1. The third-order valence-corrected chi connectivity index (χ3v) is 6.69. The smallest absolute Gasteiger partial charge is 0.327 e. The predicted octanol–water partition coefficient (Wildman–Crippen LogP) is 2.97. The number of morpholine rings is 1. The first-order valence-electron chi connectivity index (χ1n) is 10.9. The first-order valence-corrected chi connectivity index (χ1v) is 11.8. The average Bonchev–Trinajstić information content (AvgIpc) is 3.48. The van der Waals surface area contributed by atoms with Crippen LogP contribution < -0.4 is 15.4 Å². The summed E-state index contributed by atoms with van der Waals surface area (Å²) in [6, 6.07) is 4.13. The van der Waals surface area contributed by atoms with E-state index in [-0.39, 0.29) is 35.4 Å². The fourth-order valence-corrected chi connectivity index (χ4v) is 4.89. The molecule has 1 saturated carbocycles. The summed E-state index contributed by atoms with van der Waals surface area (Å²) in [7, 11) is 3.20. The van der Waals surface area contributed by atoms with Gasteiger partial charge in [0, 0.05) is 26.2 Å². The molecule has 1 saturated heterocycles. The molecule has 2 atom stereocenters. The van der Waals surface area contributed by atoms with Crippen LogP contribution in [-0.4, -0.2) is 70.1 Å². The van der Waals surface area contributed by atoms with Crippen LogP contribution in [0.1, 0.15) is 29.6 Å². The molecule has 10 nitrogen and oxygen atoms in total. The summed E-state index contributed by atoms with van der Waals surface area (Å²) in [5, 5.41) is 0.383. The molecule has 178 valence electrons. The minimum absolute atomic E-state index is 0.0569. The van der Waals surface area contributed by atoms with Gasteiger partial charge >= 0.3 is 6.01 Å². The maximum Gasteiger partial charge on any atom is 0.327 e. The number of thiazole rings is 1. The summed E-state index contributed by atoms with van der Waals surface area (Å²) in [5.74, 6) is -0.318. The Labute approximate surface area is 199 Å². The molecule has 2 aromatic heterocycles. The van der Waals surface area contributed by atoms with E-state index in [1.807, 2.05) is 0 Å². The Morgan fingerprint density at radius 2 is 2.15 bits per heavy atom. The van der Waals surface area contributed by atoms with Crippen molar-refractivity contribution in [2.24, 2.45) is 0 Å². The van der Waals surface area contributed by atoms with Gasteiger partial charge in [-0.15, -0.1) is 0 Å². The number of nitrogens with two attached hydrogens (primary N) is 1. The number of fused-ring (bicyclic) bond motifs is 1. The number of nitrogen functional groups attached to an aromatic ring is 1. The van der Waals surface area contributed by atoms with Gasteiger partial charge < -0.3 is 25.0 Å². The van der Waals surface area contributed by atoms with Crippen molar-refractivity contribution in [3.63, 3.8) is 0 Å². The van der Waals surface area contributed by atoms with E-state index < -0.39 is 5.82 Å². The summed E-state index contributed by atoms with van der Waals surface area (Å²) in [6.45, 7) is 1.20. The summed E-state index contributed by atoms with van der Waals surface area (Å²) >= 11 is 1.24. The Bertz CT molecular complexity index is 1220. The highest BCUT2D eigenvalue weighted by atomic mass is 32.1. The molecule has 1 aliphatic carbocycles. The molecule has 1 aromatic carbocycles. The molecule has 12 heteroatoms. The highest BCUT2D eigenvalue weighted by molar-refractivity contribution is 7.18. The minimum atomic E-state index is -0.694. The van der Waals surface area contributed by atoms with Crippen LogP contribution in [0.3, 0.4) is 0 Å². The number of amides is 1. The fourth-order valence-electron chi connectivity index (χ4n) is 4.27. The summed E-state index contributed by atoms with van der Waals surface area (Å²) in [4.78, 5) is 33.9. The number of ether oxygens (including phenoxy) is 2. The lowest BCUT2D eigenvalue weighted by molar-refractivity contribution is 0.0249. The molecule has 1 aliphatic heterocycles. The van der Waals surface area contributed by atoms with Crippen LogP contribution in [-0.2, 0) is 4.74 Å². The van der Waals surface area contributed by atoms with Gasteiger partial charge in [-0.05, 0) is 37.5 Å². The molecule has 2 fully saturated rings. The lowest BCUT2D eigenvalue weighted by Gasteiger charge is -2.37. The van der Waals surface area contributed by atoms with E-state index >= 15 is 0 Å². The average molecular weight is 486 g/mol. The van der Waals surface area contributed by atoms with E-state index in [9.17, 15) is 9.18 Å². The molecule has 3 aromatic rings. The number of rotatable bonds is 5. The SMILES string of the molecule is CN(C)C(=O)c1ccc(Oc2nc(-c3cnc(N)s3)nc(N3CCO[C@@H]4CCC[C@@H]43)n2)c(F)c1. The van der Waals surface area contributed by atoms with Gasteiger partial charge in [0.15, 0.2) is 22.5 Å². The first-order chi connectivity index (χ1) is 16.4. The highest BCUT2D eigenvalue weighted by Crippen LogP contribution is 2.34. The molecule has 2 aliphatic rings. The lowest BCUT2D eigenvalue weighted by Crippen LogP contribution is -2.49. The molecular formula is C22H24FN7O3S. The fraction of sp³-hybridized carbons (Fsp3) is 0.409. The van der Waals surface area contributed by atoms with E-state index in [4.69, 9.17) is 15.2 Å². The van der Waals surface area contributed by atoms with Crippen LogP contribution in [0.5, 0.6) is 11.8 Å². The molecule has 0 radical (unpaired) electrons. The van der Waals surface area contributed by atoms with Crippen molar-refractivity contribution < 1.29 is 18.7 Å². The third-order valence-electron chi connectivity index (χ3n) is 5.87. The second-order valence-electron chi connectivity index (χ2n) is 8.35. The van der Waals surface area contributed by atoms with Crippen molar-refractivity contribution in [3.8, 4) is 22.5 Å². The predicted molar refractivity (Wildman–Crippen MR) is 125 cm³/mol. The first kappa shape index (κ1) is 22.4. The Kier molecular flexibility index (Phi) is 6.00. The molecule has 5 rings (SSSR count). The number of nitrogens with zero attached hydrogens (tertiary/aromatic N) is 6. The number of carbonyl (C=O) groups excluding carboxylic acids is 1. The standard InChI is InChI=1S/C22H24FN7O3S/c1-29(2)19(31)12-6-7-15(13(23)10-12)33-22-27-18(17-11-25-20(24)34-17)26-21(28-22)30-8-9-32-16-5-3-4-14(16)30/h6-7,10-11,14,16H,3-5,8-9H2,1-2H3,(H2,24,25)/t14-,16+/m0/s1. The van der Waals surface area contributed by atoms with Crippen molar-refractivity contribution in [1.29, 1.82) is 0 Å². The van der Waals surface area contributed by atoms with Gasteiger partial charge in [0.1, 0.15) is 0 Å². The molecule has 3 heterocycles. The van der Waals surface area contributed by atoms with Gasteiger partial charge in [0.05, 0.1) is 29.8 Å². The maximum atomic E-state index is 14.8. The highest BCUT2D eigenvalue weighted by Gasteiger charge is 2.38. The topological polar surface area (TPSA) is 120 Å². The largest absolute Gasteiger partial charge is 0.421 e. The van der Waals surface area contributed by atoms with Gasteiger partial charge in [-0.1, -0.05) is 11.3 Å². The van der Waals surface area contributed by atoms with Crippen LogP contribution in [0.15, 0.2) is 24.4 Å². The van der Waals surface area contributed by atoms with E-state index in [0.29, 0.717) is 34.9 Å². The number of hydrogen-bond donors (Lipinski definition) is 1. The van der Waals surface area contributed by atoms with Gasteiger partial charge in [0.2, 0.25) is 5.95 Å². The monoisotopic (exact) mass is 485 g/mol. The van der Waals surface area contributed by atoms with Crippen LogP contribution in [0, 0.1) is 5.82 Å². The van der Waals surface area contributed by atoms with Gasteiger partial charge in [0.25, 0.3) is 5.91 Å². The van der Waals surface area contributed by atoms with E-state index in [1.54, 1.807) is 20.3 Å². The number of hydrogen-bond acceptors (Lipinski definition) is 10. The third kappa shape index (κ3) is 4.38. The molecule has 1 amide bonds. The zero-order chi connectivity index (χ0) is 23.8. The Morgan fingerprint density at radius 1 is 1.29 bits per heavy atom. The van der Waals surface area contributed by atoms with E-state index in [2.05, 4.69) is 24.8 Å². The van der Waals surface area contributed by atoms with Crippen LogP contribution in [0.2, 0.25) is 0 Å². The molecule has 0 spiro atoms. The molecular weight excluding hydrogens is 461 g/mol. The van der Waals surface area contributed by atoms with Gasteiger partial charge in [-0.2, -0.15) is 15.0 Å². The van der Waals surface area contributed by atoms with E-state index in [1.165, 1.54) is 28.4 Å². The van der Waals surface area contributed by atoms with Crippen molar-refractivity contribution in [2.45, 2.75) is 31.4 Å². The van der Waals surface area contributed by atoms with Crippen molar-refractivity contribution in [1.82, 2.24) is 24.8 Å². The summed E-state index contributed by atoms with van der Waals surface area (Å²) in [5.41, 5.74) is 6.02. The van der Waals surface area contributed by atoms with Crippen molar-refractivity contribution >= 4 is 28.3 Å². The Hall–Kier alpha value is -3.38. The summed E-state index contributed by atoms with van der Waals surface area (Å²) < 4.78 is 26.5. The lowest BCUT2D eigenvalue weighted by atomic mass is 10.1. The molecule has 0 bridgehead atoms. The number of aromatic nitrogens is 4. The Balaban J connectivity index is 1.50. The minimum Gasteiger partial charge on any atom is -0.421 e. The van der Waals surface area contributed by atoms with Gasteiger partial charge in [-0.3, -0.25) is 4.79 Å². The van der Waals surface area contributed by atoms with Crippen LogP contribution >= 0.6 is 11.3 Å². The quantitative estimate of drug-likeness (QED) is 0.581. The number of benzene rings is 1. The zero-order valence-electron chi connectivity index (χ0n) is 18.8. The number of anilines is 2. The van der Waals surface area contributed by atoms with Crippen molar-refractivity contribution in [3.05, 3.63) is 35.8 Å². The number of carbonyl (C=O) groups is 1. The second-order valence-corrected chi connectivity index (χ2v) is 9.41. The Morgan fingerprint density at radius 3 is 2.88 bits per heavy atom. The van der Waals surface area contributed by atoms with Crippen LogP contribution in [0.4, 0.5) is 15.5 Å². The maximum absolute atomic E-state index is 14.8. The molecule has 2 N–H and O–H groups in total. The second kappa shape index (κ2) is 9.11.